The van der Waals surface area contributed by atoms with Crippen LogP contribution < -0.4 is 0 Å². The smallest absolute Gasteiger partial charge is 0.0242 e. The number of allylic oxidation sites excluding steroid dienone is 4. The Hall–Kier alpha value is -0.0400. The van der Waals surface area contributed by atoms with E-state index < -0.39 is 0 Å². The van der Waals surface area contributed by atoms with Gasteiger partial charge in [-0.05, 0) is 48.9 Å². The summed E-state index contributed by atoms with van der Waals surface area (Å²) in [5, 5.41) is 0. The number of alkyl halides is 1. The van der Waals surface area contributed by atoms with Crippen molar-refractivity contribution in [3.05, 3.63) is 24.3 Å². The lowest BCUT2D eigenvalue weighted by Crippen LogP contribution is -2.47. The topological polar surface area (TPSA) is 0 Å². The summed E-state index contributed by atoms with van der Waals surface area (Å²) in [5.41, 5.74) is 0.366. The van der Waals surface area contributed by atoms with E-state index in [2.05, 4.69) is 47.2 Å². The Morgan fingerprint density at radius 1 is 1.06 bits per heavy atom. The van der Waals surface area contributed by atoms with Gasteiger partial charge in [0.2, 0.25) is 0 Å². The van der Waals surface area contributed by atoms with Crippen molar-refractivity contribution in [2.75, 3.05) is 0 Å². The van der Waals surface area contributed by atoms with Crippen molar-refractivity contribution in [1.82, 2.24) is 0 Å². The molecule has 98 valence electrons. The lowest BCUT2D eigenvalue weighted by molar-refractivity contribution is 0.0729. The second-order valence-electron chi connectivity index (χ2n) is 7.26. The van der Waals surface area contributed by atoms with Gasteiger partial charge < -0.3 is 0 Å². The number of hydrogen-bond acceptors (Lipinski definition) is 0. The Kier molecular flexibility index (Phi) is 2.60. The van der Waals surface area contributed by atoms with E-state index in [9.17, 15) is 0 Å². The van der Waals surface area contributed by atoms with Crippen molar-refractivity contribution >= 4 is 15.9 Å². The number of halogens is 1. The van der Waals surface area contributed by atoms with E-state index in [1.165, 1.54) is 25.7 Å². The molecule has 3 fully saturated rings. The standard InChI is InChI=1S/C17H23Br/c1-17-8-3-2-7-15(17)12-6-4-5-11-9-13(11)14(12)10-16(17)18/h2-3,7-8,11-16H,4-6,9-10H2,1H3. The van der Waals surface area contributed by atoms with E-state index in [0.29, 0.717) is 10.2 Å². The first-order valence-electron chi connectivity index (χ1n) is 7.70. The monoisotopic (exact) mass is 306 g/mol. The molecule has 18 heavy (non-hydrogen) atoms. The molecule has 0 radical (unpaired) electrons. The molecule has 4 rings (SSSR count). The van der Waals surface area contributed by atoms with E-state index >= 15 is 0 Å². The van der Waals surface area contributed by atoms with Crippen LogP contribution in [0.1, 0.15) is 39.0 Å². The first-order chi connectivity index (χ1) is 8.70. The third-order valence-electron chi connectivity index (χ3n) is 6.41. The van der Waals surface area contributed by atoms with Crippen LogP contribution in [0.5, 0.6) is 0 Å². The number of hydrogen-bond donors (Lipinski definition) is 0. The molecule has 7 unspecified atom stereocenters. The lowest BCUT2D eigenvalue weighted by Gasteiger charge is -2.51. The van der Waals surface area contributed by atoms with Crippen LogP contribution in [0.3, 0.4) is 0 Å². The quantitative estimate of drug-likeness (QED) is 0.555. The summed E-state index contributed by atoms with van der Waals surface area (Å²) >= 11 is 4.03. The highest BCUT2D eigenvalue weighted by molar-refractivity contribution is 9.09. The van der Waals surface area contributed by atoms with E-state index in [1.54, 1.807) is 6.42 Å². The van der Waals surface area contributed by atoms with Crippen LogP contribution in [-0.2, 0) is 0 Å². The Labute approximate surface area is 119 Å². The summed E-state index contributed by atoms with van der Waals surface area (Å²) in [4.78, 5) is 0.678. The fourth-order valence-corrected chi connectivity index (χ4v) is 6.13. The van der Waals surface area contributed by atoms with Crippen molar-refractivity contribution in [2.45, 2.75) is 43.9 Å². The molecule has 0 N–H and O–H groups in total. The summed E-state index contributed by atoms with van der Waals surface area (Å²) in [6.45, 7) is 2.47. The van der Waals surface area contributed by atoms with Crippen LogP contribution in [0.25, 0.3) is 0 Å². The highest BCUT2D eigenvalue weighted by atomic mass is 79.9. The van der Waals surface area contributed by atoms with Gasteiger partial charge in [-0.1, -0.05) is 60.0 Å². The molecular formula is C17H23Br. The minimum atomic E-state index is 0.366. The molecule has 0 aliphatic heterocycles. The molecule has 0 aromatic carbocycles. The molecule has 0 amide bonds. The minimum Gasteiger partial charge on any atom is -0.0881 e. The minimum absolute atomic E-state index is 0.366. The van der Waals surface area contributed by atoms with Crippen LogP contribution >= 0.6 is 15.9 Å². The predicted molar refractivity (Wildman–Crippen MR) is 79.6 cm³/mol. The zero-order chi connectivity index (χ0) is 12.3. The third-order valence-corrected chi connectivity index (χ3v) is 7.77. The normalized spacial score (nSPS) is 57.2. The average Bonchev–Trinajstić information content (AvgIpc) is 3.11. The van der Waals surface area contributed by atoms with Crippen molar-refractivity contribution in [2.24, 2.45) is 35.0 Å². The molecule has 0 aromatic rings. The summed E-state index contributed by atoms with van der Waals surface area (Å²) < 4.78 is 0. The van der Waals surface area contributed by atoms with E-state index in [4.69, 9.17) is 0 Å². The molecule has 4 aliphatic rings. The maximum atomic E-state index is 4.03. The van der Waals surface area contributed by atoms with Crippen molar-refractivity contribution < 1.29 is 0 Å². The van der Waals surface area contributed by atoms with E-state index in [1.807, 2.05) is 0 Å². The molecule has 0 spiro atoms. The molecule has 0 heterocycles. The van der Waals surface area contributed by atoms with Crippen LogP contribution in [0.15, 0.2) is 24.3 Å². The summed E-state index contributed by atoms with van der Waals surface area (Å²) in [7, 11) is 0. The second-order valence-corrected chi connectivity index (χ2v) is 8.36. The predicted octanol–water partition coefficient (Wildman–Crippen LogP) is 4.95. The summed E-state index contributed by atoms with van der Waals surface area (Å²) in [6.07, 6.45) is 17.0. The van der Waals surface area contributed by atoms with Crippen LogP contribution in [0, 0.1) is 35.0 Å². The Morgan fingerprint density at radius 2 is 1.94 bits per heavy atom. The fourth-order valence-electron chi connectivity index (χ4n) is 5.25. The van der Waals surface area contributed by atoms with Gasteiger partial charge in [0.15, 0.2) is 0 Å². The molecular weight excluding hydrogens is 284 g/mol. The van der Waals surface area contributed by atoms with Gasteiger partial charge in [-0.3, -0.25) is 0 Å². The zero-order valence-electron chi connectivity index (χ0n) is 11.2. The summed E-state index contributed by atoms with van der Waals surface area (Å²) in [6, 6.07) is 0. The molecule has 4 aliphatic carbocycles. The van der Waals surface area contributed by atoms with Gasteiger partial charge in [0.05, 0.1) is 0 Å². The third kappa shape index (κ3) is 1.55. The SMILES string of the molecule is CC12C=CC=CC1C1CCCC3CC3C1CC2Br. The highest BCUT2D eigenvalue weighted by Crippen LogP contribution is 2.63. The molecule has 1 heteroatoms. The van der Waals surface area contributed by atoms with Gasteiger partial charge in [-0.25, -0.2) is 0 Å². The Morgan fingerprint density at radius 3 is 2.83 bits per heavy atom. The van der Waals surface area contributed by atoms with Gasteiger partial charge in [0, 0.05) is 10.2 Å². The highest BCUT2D eigenvalue weighted by Gasteiger charge is 2.56. The Bertz CT molecular complexity index is 410. The Balaban J connectivity index is 1.71. The number of fused-ring (bicyclic) bond motifs is 5. The van der Waals surface area contributed by atoms with Crippen molar-refractivity contribution in [3.8, 4) is 0 Å². The van der Waals surface area contributed by atoms with Crippen LogP contribution in [0.2, 0.25) is 0 Å². The van der Waals surface area contributed by atoms with Crippen molar-refractivity contribution in [3.63, 3.8) is 0 Å². The zero-order valence-corrected chi connectivity index (χ0v) is 12.8. The number of rotatable bonds is 0. The molecule has 0 saturated heterocycles. The van der Waals surface area contributed by atoms with Gasteiger partial charge in [0.25, 0.3) is 0 Å². The molecule has 0 aromatic heterocycles. The first-order valence-corrected chi connectivity index (χ1v) is 8.62. The lowest BCUT2D eigenvalue weighted by atomic mass is 9.56. The molecule has 3 saturated carbocycles. The second kappa shape index (κ2) is 3.98. The molecule has 7 atom stereocenters. The van der Waals surface area contributed by atoms with Crippen LogP contribution in [0.4, 0.5) is 0 Å². The maximum Gasteiger partial charge on any atom is 0.0242 e. The van der Waals surface area contributed by atoms with E-state index in [-0.39, 0.29) is 0 Å². The largest absolute Gasteiger partial charge is 0.0881 e. The van der Waals surface area contributed by atoms with Gasteiger partial charge in [0.1, 0.15) is 0 Å². The average molecular weight is 307 g/mol. The summed E-state index contributed by atoms with van der Waals surface area (Å²) in [5.74, 6) is 4.94. The van der Waals surface area contributed by atoms with Gasteiger partial charge >= 0.3 is 0 Å². The van der Waals surface area contributed by atoms with Crippen molar-refractivity contribution in [1.29, 1.82) is 0 Å². The first kappa shape index (κ1) is 11.8. The van der Waals surface area contributed by atoms with Gasteiger partial charge in [-0.15, -0.1) is 0 Å². The fraction of sp³-hybridized carbons (Fsp3) is 0.765. The maximum absolute atomic E-state index is 4.03. The van der Waals surface area contributed by atoms with Crippen LogP contribution in [-0.4, -0.2) is 4.83 Å². The van der Waals surface area contributed by atoms with Gasteiger partial charge in [-0.2, -0.15) is 0 Å². The molecule has 0 bridgehead atoms. The van der Waals surface area contributed by atoms with E-state index in [0.717, 1.165) is 29.6 Å². The molecule has 0 nitrogen and oxygen atoms in total.